The molecule has 30 heavy (non-hydrogen) atoms. The van der Waals surface area contributed by atoms with Gasteiger partial charge in [0.15, 0.2) is 0 Å². The molecule has 0 saturated carbocycles. The number of hydrogen-bond donors (Lipinski definition) is 0. The second-order valence-corrected chi connectivity index (χ2v) is 8.49. The summed E-state index contributed by atoms with van der Waals surface area (Å²) in [4.78, 5) is 11.7. The SMILES string of the molecule is O=C(OCCCCC(I)CC(F)(F)C(F)(F)C(F)(F)C(F)(F)F)c1ccc(Cl)cc1. The second-order valence-electron chi connectivity index (χ2n) is 6.29. The minimum absolute atomic E-state index is 0.0822. The van der Waals surface area contributed by atoms with Crippen molar-refractivity contribution in [2.45, 2.75) is 53.6 Å². The summed E-state index contributed by atoms with van der Waals surface area (Å²) in [5.74, 6) is -19.7. The predicted molar refractivity (Wildman–Crippen MR) is 98.9 cm³/mol. The Hall–Kier alpha value is -0.920. The fourth-order valence-electron chi connectivity index (χ4n) is 2.22. The van der Waals surface area contributed by atoms with E-state index in [-0.39, 0.29) is 31.4 Å². The lowest BCUT2D eigenvalue weighted by molar-refractivity contribution is -0.396. The van der Waals surface area contributed by atoms with Crippen LogP contribution in [0.4, 0.5) is 39.5 Å². The molecule has 1 atom stereocenters. The second kappa shape index (κ2) is 10.1. The number of carbonyl (C=O) groups is 1. The van der Waals surface area contributed by atoms with Crippen molar-refractivity contribution in [1.82, 2.24) is 0 Å². The largest absolute Gasteiger partial charge is 0.462 e. The molecule has 0 aliphatic heterocycles. The molecule has 0 amide bonds. The molecule has 0 radical (unpaired) electrons. The highest BCUT2D eigenvalue weighted by atomic mass is 127. The number of benzene rings is 1. The molecule has 0 aliphatic rings. The van der Waals surface area contributed by atoms with Gasteiger partial charge in [0, 0.05) is 15.4 Å². The van der Waals surface area contributed by atoms with E-state index in [0.29, 0.717) is 5.02 Å². The molecule has 0 aromatic heterocycles. The predicted octanol–water partition coefficient (Wildman–Crippen LogP) is 7.33. The van der Waals surface area contributed by atoms with Crippen molar-refractivity contribution >= 4 is 40.2 Å². The molecule has 1 rings (SSSR count). The minimum Gasteiger partial charge on any atom is -0.462 e. The number of esters is 1. The molecular weight excluding hydrogens is 570 g/mol. The average molecular weight is 585 g/mol. The third-order valence-corrected chi connectivity index (χ3v) is 5.23. The number of alkyl halides is 10. The normalized spacial score (nSPS) is 14.5. The summed E-state index contributed by atoms with van der Waals surface area (Å²) in [5, 5.41) is 0.398. The Labute approximate surface area is 184 Å². The van der Waals surface area contributed by atoms with Crippen LogP contribution in [0.2, 0.25) is 5.02 Å². The molecule has 0 N–H and O–H groups in total. The number of halogens is 11. The Balaban J connectivity index is 2.49. The maximum absolute atomic E-state index is 13.6. The van der Waals surface area contributed by atoms with Gasteiger partial charge in [-0.2, -0.15) is 39.5 Å². The Morgan fingerprint density at radius 2 is 1.47 bits per heavy atom. The van der Waals surface area contributed by atoms with Crippen LogP contribution in [-0.2, 0) is 4.74 Å². The van der Waals surface area contributed by atoms with Crippen molar-refractivity contribution in [3.8, 4) is 0 Å². The fourth-order valence-corrected chi connectivity index (χ4v) is 3.34. The molecule has 0 bridgehead atoms. The van der Waals surface area contributed by atoms with Crippen LogP contribution < -0.4 is 0 Å². The number of hydrogen-bond acceptors (Lipinski definition) is 2. The maximum atomic E-state index is 13.6. The molecule has 172 valence electrons. The van der Waals surface area contributed by atoms with E-state index in [0.717, 1.165) is 0 Å². The molecule has 0 heterocycles. The van der Waals surface area contributed by atoms with Crippen molar-refractivity contribution < 1.29 is 49.0 Å². The molecule has 0 fully saturated rings. The summed E-state index contributed by atoms with van der Waals surface area (Å²) >= 11 is 6.94. The van der Waals surface area contributed by atoms with Gasteiger partial charge in [0.05, 0.1) is 12.2 Å². The Kier molecular flexibility index (Phi) is 9.16. The molecule has 2 nitrogen and oxygen atoms in total. The lowest BCUT2D eigenvalue weighted by atomic mass is 9.98. The first-order valence-electron chi connectivity index (χ1n) is 8.30. The zero-order valence-electron chi connectivity index (χ0n) is 14.9. The highest BCUT2D eigenvalue weighted by molar-refractivity contribution is 14.1. The first-order valence-corrected chi connectivity index (χ1v) is 9.92. The topological polar surface area (TPSA) is 26.3 Å². The highest BCUT2D eigenvalue weighted by Crippen LogP contribution is 2.54. The van der Waals surface area contributed by atoms with Gasteiger partial charge in [0.2, 0.25) is 0 Å². The maximum Gasteiger partial charge on any atom is 0.460 e. The van der Waals surface area contributed by atoms with E-state index in [4.69, 9.17) is 16.3 Å². The third-order valence-electron chi connectivity index (χ3n) is 3.91. The van der Waals surface area contributed by atoms with Gasteiger partial charge >= 0.3 is 29.9 Å². The van der Waals surface area contributed by atoms with E-state index in [1.54, 1.807) is 0 Å². The summed E-state index contributed by atoms with van der Waals surface area (Å²) < 4.78 is 119. The lowest BCUT2D eigenvalue weighted by Gasteiger charge is -2.34. The zero-order chi connectivity index (χ0) is 23.4. The van der Waals surface area contributed by atoms with Crippen molar-refractivity contribution in [2.24, 2.45) is 0 Å². The van der Waals surface area contributed by atoms with E-state index in [9.17, 15) is 44.3 Å². The number of ether oxygens (including phenoxy) is 1. The van der Waals surface area contributed by atoms with Crippen LogP contribution in [0.5, 0.6) is 0 Å². The summed E-state index contributed by atoms with van der Waals surface area (Å²) in [5.41, 5.74) is 0.207. The van der Waals surface area contributed by atoms with Crippen LogP contribution >= 0.6 is 34.2 Å². The summed E-state index contributed by atoms with van der Waals surface area (Å²) in [6, 6.07) is 5.73. The van der Waals surface area contributed by atoms with E-state index in [2.05, 4.69) is 0 Å². The van der Waals surface area contributed by atoms with Crippen LogP contribution in [-0.4, -0.2) is 40.4 Å². The molecule has 0 aliphatic carbocycles. The quantitative estimate of drug-likeness (QED) is 0.0947. The van der Waals surface area contributed by atoms with Gasteiger partial charge in [-0.15, -0.1) is 0 Å². The van der Waals surface area contributed by atoms with Crippen molar-refractivity contribution in [3.63, 3.8) is 0 Å². The van der Waals surface area contributed by atoms with E-state index in [1.807, 2.05) is 0 Å². The van der Waals surface area contributed by atoms with Gasteiger partial charge in [0.25, 0.3) is 0 Å². The molecule has 1 aromatic carbocycles. The first kappa shape index (κ1) is 27.1. The van der Waals surface area contributed by atoms with Crippen molar-refractivity contribution in [1.29, 1.82) is 0 Å². The number of carbonyl (C=O) groups excluding carboxylic acids is 1. The van der Waals surface area contributed by atoms with Gasteiger partial charge in [-0.1, -0.05) is 34.2 Å². The van der Waals surface area contributed by atoms with Crippen LogP contribution in [0.1, 0.15) is 36.0 Å². The molecule has 1 aromatic rings. The Bertz CT molecular complexity index is 708. The molecule has 1 unspecified atom stereocenters. The summed E-state index contributed by atoms with van der Waals surface area (Å²) in [7, 11) is 0. The van der Waals surface area contributed by atoms with Gasteiger partial charge in [-0.25, -0.2) is 4.79 Å². The van der Waals surface area contributed by atoms with Gasteiger partial charge < -0.3 is 4.74 Å². The van der Waals surface area contributed by atoms with E-state index < -0.39 is 40.3 Å². The molecule has 0 spiro atoms. The lowest BCUT2D eigenvalue weighted by Crippen LogP contribution is -2.61. The van der Waals surface area contributed by atoms with Gasteiger partial charge in [-0.05, 0) is 43.5 Å². The smallest absolute Gasteiger partial charge is 0.460 e. The van der Waals surface area contributed by atoms with Crippen molar-refractivity contribution in [2.75, 3.05) is 6.61 Å². The van der Waals surface area contributed by atoms with E-state index >= 15 is 0 Å². The van der Waals surface area contributed by atoms with E-state index in [1.165, 1.54) is 46.9 Å². The van der Waals surface area contributed by atoms with Crippen LogP contribution in [0.25, 0.3) is 0 Å². The zero-order valence-corrected chi connectivity index (χ0v) is 17.8. The molecule has 13 heteroatoms. The third kappa shape index (κ3) is 6.54. The van der Waals surface area contributed by atoms with Crippen molar-refractivity contribution in [3.05, 3.63) is 34.9 Å². The van der Waals surface area contributed by atoms with Crippen LogP contribution in [0.3, 0.4) is 0 Å². The minimum atomic E-state index is -6.88. The van der Waals surface area contributed by atoms with Gasteiger partial charge in [-0.3, -0.25) is 0 Å². The Morgan fingerprint density at radius 3 is 1.97 bits per heavy atom. The number of rotatable bonds is 10. The monoisotopic (exact) mass is 584 g/mol. The average Bonchev–Trinajstić information content (AvgIpc) is 2.60. The van der Waals surface area contributed by atoms with Gasteiger partial charge in [0.1, 0.15) is 0 Å². The van der Waals surface area contributed by atoms with Crippen LogP contribution in [0, 0.1) is 0 Å². The Morgan fingerprint density at radius 1 is 0.933 bits per heavy atom. The first-order chi connectivity index (χ1) is 13.5. The molecule has 0 saturated heterocycles. The standard InChI is InChI=1S/C17H15ClF9IO2/c18-11-6-4-10(5-7-11)13(29)30-8-2-1-3-12(28)9-14(19,20)15(21,22)16(23,24)17(25,26)27/h4-7,12H,1-3,8-9H2. The number of unbranched alkanes of at least 4 members (excludes halogenated alkanes) is 1. The highest BCUT2D eigenvalue weighted by Gasteiger charge is 2.81. The summed E-state index contributed by atoms with van der Waals surface area (Å²) in [6.07, 6.45) is -8.67. The molecular formula is C17H15ClF9IO2. The fraction of sp³-hybridized carbons (Fsp3) is 0.588. The summed E-state index contributed by atoms with van der Waals surface area (Å²) in [6.45, 7) is -0.135. The van der Waals surface area contributed by atoms with Crippen LogP contribution in [0.15, 0.2) is 24.3 Å².